The number of hydrogen-bond donors (Lipinski definition) is 2. The van der Waals surface area contributed by atoms with E-state index in [0.717, 1.165) is 31.2 Å². The average Bonchev–Trinajstić information content (AvgIpc) is 3.15. The predicted octanol–water partition coefficient (Wildman–Crippen LogP) is 1.67. The molecular formula is C18H31N7. The monoisotopic (exact) mass is 345 g/mol. The average molecular weight is 345 g/mol. The van der Waals surface area contributed by atoms with E-state index in [0.29, 0.717) is 5.92 Å². The SMILES string of the molecule is CN=C(NCC(C)Cn1cccn1)NC(C)Cc1c(C)nn(C)c1C. The highest BCUT2D eigenvalue weighted by molar-refractivity contribution is 5.79. The van der Waals surface area contributed by atoms with Crippen molar-refractivity contribution in [1.29, 1.82) is 0 Å². The van der Waals surface area contributed by atoms with Gasteiger partial charge in [-0.05, 0) is 44.7 Å². The summed E-state index contributed by atoms with van der Waals surface area (Å²) in [5.74, 6) is 1.29. The molecule has 2 rings (SSSR count). The second kappa shape index (κ2) is 8.69. The van der Waals surface area contributed by atoms with Gasteiger partial charge in [0.25, 0.3) is 0 Å². The van der Waals surface area contributed by atoms with Gasteiger partial charge in [-0.1, -0.05) is 6.92 Å². The number of guanidine groups is 1. The maximum absolute atomic E-state index is 4.49. The lowest BCUT2D eigenvalue weighted by Gasteiger charge is -2.20. The molecule has 0 radical (unpaired) electrons. The molecule has 0 aromatic carbocycles. The molecule has 0 spiro atoms. The smallest absolute Gasteiger partial charge is 0.191 e. The summed E-state index contributed by atoms with van der Waals surface area (Å²) in [6, 6.07) is 2.22. The van der Waals surface area contributed by atoms with Crippen molar-refractivity contribution >= 4 is 5.96 Å². The first-order valence-corrected chi connectivity index (χ1v) is 8.84. The number of rotatable bonds is 7. The molecule has 0 fully saturated rings. The zero-order valence-corrected chi connectivity index (χ0v) is 16.2. The first kappa shape index (κ1) is 19.0. The zero-order chi connectivity index (χ0) is 18.4. The Morgan fingerprint density at radius 2 is 2.08 bits per heavy atom. The van der Waals surface area contributed by atoms with Gasteiger partial charge < -0.3 is 10.6 Å². The van der Waals surface area contributed by atoms with Gasteiger partial charge in [0, 0.05) is 51.3 Å². The van der Waals surface area contributed by atoms with Gasteiger partial charge in [0.05, 0.1) is 5.69 Å². The molecule has 2 unspecified atom stereocenters. The van der Waals surface area contributed by atoms with Gasteiger partial charge in [-0.15, -0.1) is 0 Å². The molecule has 0 saturated heterocycles. The summed E-state index contributed by atoms with van der Waals surface area (Å²) < 4.78 is 3.90. The minimum Gasteiger partial charge on any atom is -0.356 e. The highest BCUT2D eigenvalue weighted by Crippen LogP contribution is 2.14. The molecule has 2 heterocycles. The van der Waals surface area contributed by atoms with Gasteiger partial charge >= 0.3 is 0 Å². The molecule has 0 aliphatic rings. The second-order valence-corrected chi connectivity index (χ2v) is 6.81. The van der Waals surface area contributed by atoms with Crippen LogP contribution in [0.1, 0.15) is 30.8 Å². The van der Waals surface area contributed by atoms with Crippen molar-refractivity contribution in [3.63, 3.8) is 0 Å². The van der Waals surface area contributed by atoms with E-state index in [4.69, 9.17) is 0 Å². The third kappa shape index (κ3) is 5.34. The molecule has 2 aromatic heterocycles. The van der Waals surface area contributed by atoms with Crippen molar-refractivity contribution in [2.45, 2.75) is 46.7 Å². The fraction of sp³-hybridized carbons (Fsp3) is 0.611. The Hall–Kier alpha value is -2.31. The molecule has 7 heteroatoms. The van der Waals surface area contributed by atoms with Crippen LogP contribution in [-0.2, 0) is 20.0 Å². The summed E-state index contributed by atoms with van der Waals surface area (Å²) >= 11 is 0. The maximum Gasteiger partial charge on any atom is 0.191 e. The first-order valence-electron chi connectivity index (χ1n) is 8.84. The van der Waals surface area contributed by atoms with Crippen LogP contribution in [0.4, 0.5) is 0 Å². The van der Waals surface area contributed by atoms with Crippen LogP contribution in [0.3, 0.4) is 0 Å². The quantitative estimate of drug-likeness (QED) is 0.591. The molecule has 2 N–H and O–H groups in total. The second-order valence-electron chi connectivity index (χ2n) is 6.81. The highest BCUT2D eigenvalue weighted by Gasteiger charge is 2.14. The van der Waals surface area contributed by atoms with Gasteiger partial charge in [0.1, 0.15) is 0 Å². The Kier molecular flexibility index (Phi) is 6.61. The summed E-state index contributed by atoms with van der Waals surface area (Å²) in [5.41, 5.74) is 3.64. The van der Waals surface area contributed by atoms with Crippen LogP contribution < -0.4 is 10.6 Å². The molecule has 138 valence electrons. The largest absolute Gasteiger partial charge is 0.356 e. The molecule has 25 heavy (non-hydrogen) atoms. The first-order chi connectivity index (χ1) is 11.9. The number of nitrogens with one attached hydrogen (secondary N) is 2. The molecule has 0 bridgehead atoms. The molecule has 0 saturated carbocycles. The molecule has 0 amide bonds. The van der Waals surface area contributed by atoms with Gasteiger partial charge in [-0.3, -0.25) is 14.4 Å². The molecular weight excluding hydrogens is 314 g/mol. The van der Waals surface area contributed by atoms with E-state index >= 15 is 0 Å². The van der Waals surface area contributed by atoms with Crippen LogP contribution in [0, 0.1) is 19.8 Å². The summed E-state index contributed by atoms with van der Waals surface area (Å²) in [5, 5.41) is 15.6. The number of aromatic nitrogens is 4. The zero-order valence-electron chi connectivity index (χ0n) is 16.2. The Labute approximate surface area is 150 Å². The molecule has 2 aromatic rings. The van der Waals surface area contributed by atoms with E-state index in [1.807, 2.05) is 34.9 Å². The van der Waals surface area contributed by atoms with Gasteiger partial charge in [0.2, 0.25) is 0 Å². The van der Waals surface area contributed by atoms with Gasteiger partial charge in [-0.2, -0.15) is 10.2 Å². The molecule has 7 nitrogen and oxygen atoms in total. The maximum atomic E-state index is 4.49. The number of hydrogen-bond acceptors (Lipinski definition) is 3. The third-order valence-corrected chi connectivity index (χ3v) is 4.45. The van der Waals surface area contributed by atoms with Crippen LogP contribution in [0.15, 0.2) is 23.5 Å². The van der Waals surface area contributed by atoms with Crippen LogP contribution in [0.2, 0.25) is 0 Å². The van der Waals surface area contributed by atoms with Gasteiger partial charge in [-0.25, -0.2) is 0 Å². The fourth-order valence-electron chi connectivity index (χ4n) is 2.96. The van der Waals surface area contributed by atoms with Crippen molar-refractivity contribution in [2.24, 2.45) is 18.0 Å². The van der Waals surface area contributed by atoms with Gasteiger partial charge in [0.15, 0.2) is 5.96 Å². The third-order valence-electron chi connectivity index (χ3n) is 4.45. The van der Waals surface area contributed by atoms with E-state index in [2.05, 4.69) is 53.5 Å². The van der Waals surface area contributed by atoms with E-state index < -0.39 is 0 Å². The lowest BCUT2D eigenvalue weighted by molar-refractivity contribution is 0.442. The number of aliphatic imine (C=N–C) groups is 1. The Morgan fingerprint density at radius 1 is 1.32 bits per heavy atom. The molecule has 2 atom stereocenters. The van der Waals surface area contributed by atoms with Crippen molar-refractivity contribution in [1.82, 2.24) is 30.2 Å². The van der Waals surface area contributed by atoms with Crippen molar-refractivity contribution in [3.05, 3.63) is 35.4 Å². The fourth-order valence-corrected chi connectivity index (χ4v) is 2.96. The summed E-state index contributed by atoms with van der Waals surface area (Å²) in [7, 11) is 3.80. The van der Waals surface area contributed by atoms with E-state index in [9.17, 15) is 0 Å². The van der Waals surface area contributed by atoms with E-state index in [-0.39, 0.29) is 6.04 Å². The lowest BCUT2D eigenvalue weighted by atomic mass is 10.1. The van der Waals surface area contributed by atoms with Crippen LogP contribution in [0.25, 0.3) is 0 Å². The van der Waals surface area contributed by atoms with Crippen molar-refractivity contribution in [3.8, 4) is 0 Å². The minimum absolute atomic E-state index is 0.272. The molecule has 0 aliphatic carbocycles. The van der Waals surface area contributed by atoms with Crippen LogP contribution >= 0.6 is 0 Å². The Morgan fingerprint density at radius 3 is 2.64 bits per heavy atom. The normalized spacial score (nSPS) is 14.4. The van der Waals surface area contributed by atoms with Crippen molar-refractivity contribution < 1.29 is 0 Å². The summed E-state index contributed by atoms with van der Waals surface area (Å²) in [6.07, 6.45) is 4.73. The standard InChI is InChI=1S/C18H31N7/c1-13(12-25-9-7-8-21-25)11-20-18(19-5)22-14(2)10-17-15(3)23-24(6)16(17)4/h7-9,13-14H,10-12H2,1-6H3,(H2,19,20,22). The Bertz CT molecular complexity index is 685. The highest BCUT2D eigenvalue weighted by atomic mass is 15.3. The minimum atomic E-state index is 0.272. The predicted molar refractivity (Wildman–Crippen MR) is 102 cm³/mol. The summed E-state index contributed by atoms with van der Waals surface area (Å²) in [6.45, 7) is 10.3. The Balaban J connectivity index is 1.82. The van der Waals surface area contributed by atoms with Crippen LogP contribution in [-0.4, -0.2) is 45.2 Å². The van der Waals surface area contributed by atoms with Crippen molar-refractivity contribution in [2.75, 3.05) is 13.6 Å². The summed E-state index contributed by atoms with van der Waals surface area (Å²) in [4.78, 5) is 4.34. The number of nitrogens with zero attached hydrogens (tertiary/aromatic N) is 5. The van der Waals surface area contributed by atoms with E-state index in [1.165, 1.54) is 11.3 Å². The lowest BCUT2D eigenvalue weighted by Crippen LogP contribution is -2.44. The van der Waals surface area contributed by atoms with E-state index in [1.54, 1.807) is 7.05 Å². The van der Waals surface area contributed by atoms with Crippen LogP contribution in [0.5, 0.6) is 0 Å². The topological polar surface area (TPSA) is 72.1 Å². The number of aryl methyl sites for hydroxylation is 2. The molecule has 0 aliphatic heterocycles.